The van der Waals surface area contributed by atoms with Gasteiger partial charge < -0.3 is 5.43 Å². The van der Waals surface area contributed by atoms with Gasteiger partial charge in [-0.05, 0) is 0 Å². The predicted octanol–water partition coefficient (Wildman–Crippen LogP) is -0.233. The zero-order valence-electron chi connectivity index (χ0n) is 5.35. The van der Waals surface area contributed by atoms with Crippen LogP contribution in [-0.4, -0.2) is 19.6 Å². The van der Waals surface area contributed by atoms with Crippen molar-refractivity contribution in [3.8, 4) is 0 Å². The lowest BCUT2D eigenvalue weighted by atomic mass is 10.5. The molecule has 0 amide bonds. The fourth-order valence-electron chi connectivity index (χ4n) is 0.725. The van der Waals surface area contributed by atoms with E-state index in [1.165, 1.54) is 17.9 Å². The number of nitrogens with one attached hydrogen (secondary N) is 1. The van der Waals surface area contributed by atoms with Crippen LogP contribution in [0.4, 0.5) is 5.82 Å². The van der Waals surface area contributed by atoms with Crippen LogP contribution in [0.1, 0.15) is 0 Å². The molecule has 0 radical (unpaired) electrons. The van der Waals surface area contributed by atoms with Gasteiger partial charge in [0.15, 0.2) is 16.2 Å². The predicted molar refractivity (Wildman–Crippen MR) is 40.8 cm³/mol. The smallest absolute Gasteiger partial charge is 0.172 e. The van der Waals surface area contributed by atoms with E-state index in [4.69, 9.17) is 5.84 Å². The maximum atomic E-state index is 5.17. The molecular weight excluding hydrogens is 164 g/mol. The summed E-state index contributed by atoms with van der Waals surface area (Å²) < 4.78 is 3.70. The van der Waals surface area contributed by atoms with E-state index in [0.717, 1.165) is 4.83 Å². The zero-order chi connectivity index (χ0) is 7.68. The number of hydrogen-bond acceptors (Lipinski definition) is 7. The second-order valence-electron chi connectivity index (χ2n) is 1.79. The molecule has 0 aliphatic carbocycles. The van der Waals surface area contributed by atoms with Crippen LogP contribution in [0.2, 0.25) is 0 Å². The van der Waals surface area contributed by atoms with Crippen molar-refractivity contribution >= 4 is 27.7 Å². The van der Waals surface area contributed by atoms with Crippen LogP contribution < -0.4 is 11.3 Å². The molecule has 56 valence electrons. The molecule has 0 aliphatic rings. The number of hydrazine groups is 1. The van der Waals surface area contributed by atoms with Gasteiger partial charge in [0.25, 0.3) is 0 Å². The molecule has 7 heteroatoms. The summed E-state index contributed by atoms with van der Waals surface area (Å²) in [7, 11) is 0. The number of hydrogen-bond donors (Lipinski definition) is 2. The molecule has 0 unspecified atom stereocenters. The van der Waals surface area contributed by atoms with E-state index < -0.39 is 0 Å². The number of fused-ring (bicyclic) bond motifs is 1. The van der Waals surface area contributed by atoms with Crippen LogP contribution in [0.5, 0.6) is 0 Å². The van der Waals surface area contributed by atoms with Crippen molar-refractivity contribution in [1.82, 2.24) is 19.6 Å². The third kappa shape index (κ3) is 0.900. The first-order valence-corrected chi connectivity index (χ1v) is 3.59. The lowest BCUT2D eigenvalue weighted by molar-refractivity contribution is 1.14. The lowest BCUT2D eigenvalue weighted by Gasteiger charge is -1.94. The van der Waals surface area contributed by atoms with Crippen LogP contribution in [-0.2, 0) is 0 Å². The van der Waals surface area contributed by atoms with Gasteiger partial charge in [0, 0.05) is 11.5 Å². The largest absolute Gasteiger partial charge is 0.306 e. The van der Waals surface area contributed by atoms with Crippen LogP contribution in [0.3, 0.4) is 0 Å². The van der Waals surface area contributed by atoms with Crippen LogP contribution in [0.15, 0.2) is 6.33 Å². The first-order valence-electron chi connectivity index (χ1n) is 2.81. The third-order valence-corrected chi connectivity index (χ3v) is 1.83. The molecule has 2 heterocycles. The van der Waals surface area contributed by atoms with E-state index in [1.54, 1.807) is 0 Å². The van der Waals surface area contributed by atoms with Gasteiger partial charge in [-0.25, -0.2) is 15.8 Å². The fraction of sp³-hybridized carbons (Fsp3) is 0. The molecule has 6 nitrogen and oxygen atoms in total. The minimum absolute atomic E-state index is 0.503. The van der Waals surface area contributed by atoms with E-state index in [2.05, 4.69) is 25.0 Å². The summed E-state index contributed by atoms with van der Waals surface area (Å²) in [5.41, 5.74) is 3.02. The molecule has 11 heavy (non-hydrogen) atoms. The van der Waals surface area contributed by atoms with Crippen LogP contribution in [0.25, 0.3) is 10.3 Å². The molecule has 0 aliphatic heterocycles. The minimum Gasteiger partial charge on any atom is -0.306 e. The Hall–Kier alpha value is -1.34. The van der Waals surface area contributed by atoms with Gasteiger partial charge in [-0.3, -0.25) is 0 Å². The number of aromatic nitrogens is 4. The highest BCUT2D eigenvalue weighted by atomic mass is 32.1. The second kappa shape index (κ2) is 2.36. The Morgan fingerprint density at radius 2 is 2.36 bits per heavy atom. The Morgan fingerprint density at radius 1 is 1.45 bits per heavy atom. The standard InChI is InChI=1S/C4H4N6S/c5-8-3-2-4(7-1-6-3)11-10-9-2/h1H,5H2,(H,6,7,8). The fourth-order valence-corrected chi connectivity index (χ4v) is 1.24. The first kappa shape index (κ1) is 6.38. The molecule has 0 bridgehead atoms. The maximum Gasteiger partial charge on any atom is 0.172 e. The van der Waals surface area contributed by atoms with Crippen molar-refractivity contribution in [3.05, 3.63) is 6.33 Å². The highest BCUT2D eigenvalue weighted by Crippen LogP contribution is 2.16. The topological polar surface area (TPSA) is 89.6 Å². The quantitative estimate of drug-likeness (QED) is 0.451. The van der Waals surface area contributed by atoms with Gasteiger partial charge in [-0.2, -0.15) is 0 Å². The zero-order valence-corrected chi connectivity index (χ0v) is 6.17. The van der Waals surface area contributed by atoms with Crippen molar-refractivity contribution in [1.29, 1.82) is 0 Å². The molecule has 0 atom stereocenters. The Bertz CT molecular complexity index is 369. The summed E-state index contributed by atoms with van der Waals surface area (Å²) in [6.45, 7) is 0. The molecule has 0 saturated carbocycles. The van der Waals surface area contributed by atoms with Gasteiger partial charge >= 0.3 is 0 Å². The van der Waals surface area contributed by atoms with E-state index in [-0.39, 0.29) is 0 Å². The van der Waals surface area contributed by atoms with Gasteiger partial charge in [-0.15, -0.1) is 5.10 Å². The third-order valence-electron chi connectivity index (χ3n) is 1.19. The van der Waals surface area contributed by atoms with Crippen molar-refractivity contribution in [2.45, 2.75) is 0 Å². The molecule has 2 aromatic rings. The molecule has 2 rings (SSSR count). The molecule has 3 N–H and O–H groups in total. The lowest BCUT2D eigenvalue weighted by Crippen LogP contribution is -2.09. The summed E-state index contributed by atoms with van der Waals surface area (Å²) in [5.74, 6) is 5.68. The van der Waals surface area contributed by atoms with Crippen molar-refractivity contribution in [3.63, 3.8) is 0 Å². The monoisotopic (exact) mass is 168 g/mol. The summed E-state index contributed by atoms with van der Waals surface area (Å²) in [6, 6.07) is 0. The molecule has 0 fully saturated rings. The van der Waals surface area contributed by atoms with Crippen LogP contribution in [0, 0.1) is 0 Å². The van der Waals surface area contributed by atoms with Gasteiger partial charge in [0.05, 0.1) is 0 Å². The number of nitrogen functional groups attached to an aromatic ring is 1. The average molecular weight is 168 g/mol. The van der Waals surface area contributed by atoms with E-state index in [9.17, 15) is 0 Å². The number of nitrogens with two attached hydrogens (primary N) is 1. The van der Waals surface area contributed by atoms with E-state index in [1.807, 2.05) is 0 Å². The SMILES string of the molecule is NNc1ncnc2snnc12. The second-order valence-corrected chi connectivity index (χ2v) is 2.53. The minimum atomic E-state index is 0.503. The summed E-state index contributed by atoms with van der Waals surface area (Å²) in [5, 5.41) is 3.79. The Balaban J connectivity index is 2.79. The average Bonchev–Trinajstić information content (AvgIpc) is 2.50. The van der Waals surface area contributed by atoms with Crippen LogP contribution >= 0.6 is 11.5 Å². The molecule has 0 aromatic carbocycles. The normalized spacial score (nSPS) is 10.3. The Kier molecular flexibility index (Phi) is 1.37. The van der Waals surface area contributed by atoms with E-state index >= 15 is 0 Å². The van der Waals surface area contributed by atoms with E-state index in [0.29, 0.717) is 11.3 Å². The van der Waals surface area contributed by atoms with Gasteiger partial charge in [-0.1, -0.05) is 4.49 Å². The Morgan fingerprint density at radius 3 is 3.18 bits per heavy atom. The maximum absolute atomic E-state index is 5.17. The van der Waals surface area contributed by atoms with Gasteiger partial charge in [0.1, 0.15) is 6.33 Å². The number of anilines is 1. The summed E-state index contributed by atoms with van der Waals surface area (Å²) in [6.07, 6.45) is 1.41. The van der Waals surface area contributed by atoms with Crippen molar-refractivity contribution < 1.29 is 0 Å². The molecule has 2 aromatic heterocycles. The van der Waals surface area contributed by atoms with Crippen molar-refractivity contribution in [2.75, 3.05) is 5.43 Å². The Labute approximate surface area is 65.6 Å². The summed E-state index contributed by atoms with van der Waals surface area (Å²) >= 11 is 1.21. The number of nitrogens with zero attached hydrogens (tertiary/aromatic N) is 4. The van der Waals surface area contributed by atoms with Crippen molar-refractivity contribution in [2.24, 2.45) is 5.84 Å². The molecule has 0 saturated heterocycles. The molecule has 0 spiro atoms. The first-order chi connectivity index (χ1) is 5.42. The number of rotatable bonds is 1. The highest BCUT2D eigenvalue weighted by Gasteiger charge is 2.04. The highest BCUT2D eigenvalue weighted by molar-refractivity contribution is 7.12. The summed E-state index contributed by atoms with van der Waals surface area (Å²) in [4.78, 5) is 8.52. The molecular formula is C4H4N6S. The van der Waals surface area contributed by atoms with Gasteiger partial charge in [0.2, 0.25) is 0 Å².